The molecule has 100 valence electrons. The molecule has 0 amide bonds. The molecule has 1 aliphatic heterocycles. The van der Waals surface area contributed by atoms with Crippen LogP contribution in [0.3, 0.4) is 0 Å². The number of aliphatic hydroxyl groups is 2. The molecule has 1 aliphatic rings. The molecule has 3 N–H and O–H groups in total. The molecule has 18 heavy (non-hydrogen) atoms. The zero-order valence-electron chi connectivity index (χ0n) is 10.00. The highest BCUT2D eigenvalue weighted by Gasteiger charge is 2.35. The van der Waals surface area contributed by atoms with Crippen molar-refractivity contribution in [2.45, 2.75) is 38.2 Å². The molecule has 0 aliphatic carbocycles. The van der Waals surface area contributed by atoms with Crippen LogP contribution in [0.5, 0.6) is 0 Å². The van der Waals surface area contributed by atoms with E-state index >= 15 is 0 Å². The van der Waals surface area contributed by atoms with Gasteiger partial charge in [-0.1, -0.05) is 6.92 Å². The van der Waals surface area contributed by atoms with Crippen molar-refractivity contribution in [3.63, 3.8) is 0 Å². The van der Waals surface area contributed by atoms with Gasteiger partial charge in [0.1, 0.15) is 12.3 Å². The molecule has 0 saturated carbocycles. The molecule has 1 aromatic rings. The Kier molecular flexibility index (Phi) is 3.65. The van der Waals surface area contributed by atoms with Gasteiger partial charge in [-0.05, 0) is 6.42 Å². The monoisotopic (exact) mass is 256 g/mol. The second-order valence-electron chi connectivity index (χ2n) is 4.29. The third kappa shape index (κ3) is 2.24. The maximum absolute atomic E-state index is 11.7. The zero-order chi connectivity index (χ0) is 13.3. The number of aromatic nitrogens is 2. The van der Waals surface area contributed by atoms with Gasteiger partial charge < -0.3 is 14.9 Å². The lowest BCUT2D eigenvalue weighted by Crippen LogP contribution is -2.34. The minimum Gasteiger partial charge on any atom is -0.394 e. The number of hydrogen-bond acceptors (Lipinski definition) is 5. The van der Waals surface area contributed by atoms with E-state index in [1.807, 2.05) is 0 Å². The number of H-pyrrole nitrogens is 1. The Morgan fingerprint density at radius 2 is 2.28 bits per heavy atom. The van der Waals surface area contributed by atoms with Crippen LogP contribution < -0.4 is 11.2 Å². The van der Waals surface area contributed by atoms with Gasteiger partial charge in [-0.15, -0.1) is 0 Å². The summed E-state index contributed by atoms with van der Waals surface area (Å²) in [6.45, 7) is 1.50. The summed E-state index contributed by atoms with van der Waals surface area (Å²) in [5, 5.41) is 18.6. The molecule has 1 fully saturated rings. The van der Waals surface area contributed by atoms with Crippen molar-refractivity contribution < 1.29 is 14.9 Å². The number of ether oxygens (including phenoxy) is 1. The first-order valence-electron chi connectivity index (χ1n) is 5.85. The number of aliphatic hydroxyl groups excluding tert-OH is 2. The maximum Gasteiger partial charge on any atom is 0.330 e. The van der Waals surface area contributed by atoms with Gasteiger partial charge in [0.05, 0.1) is 12.7 Å². The molecule has 3 atom stereocenters. The minimum atomic E-state index is -0.816. The lowest BCUT2D eigenvalue weighted by atomic mass is 10.2. The lowest BCUT2D eigenvalue weighted by Gasteiger charge is -2.14. The summed E-state index contributed by atoms with van der Waals surface area (Å²) in [5.74, 6) is 0. The molecule has 0 unspecified atom stereocenters. The van der Waals surface area contributed by atoms with Crippen LogP contribution in [0.1, 0.15) is 25.1 Å². The second-order valence-corrected chi connectivity index (χ2v) is 4.29. The molecular formula is C11H16N2O5. The molecule has 7 heteroatoms. The van der Waals surface area contributed by atoms with Gasteiger partial charge in [0.25, 0.3) is 5.56 Å². The number of aromatic amines is 1. The van der Waals surface area contributed by atoms with Gasteiger partial charge in [-0.3, -0.25) is 14.3 Å². The molecular weight excluding hydrogens is 240 g/mol. The van der Waals surface area contributed by atoms with Crippen molar-refractivity contribution in [1.82, 2.24) is 9.55 Å². The van der Waals surface area contributed by atoms with E-state index in [0.29, 0.717) is 12.0 Å². The van der Waals surface area contributed by atoms with Crippen LogP contribution in [-0.4, -0.2) is 38.6 Å². The molecule has 1 saturated heterocycles. The van der Waals surface area contributed by atoms with Crippen LogP contribution in [0.2, 0.25) is 0 Å². The fourth-order valence-corrected chi connectivity index (χ4v) is 2.04. The quantitative estimate of drug-likeness (QED) is 0.626. The molecule has 0 aromatic carbocycles. The summed E-state index contributed by atoms with van der Waals surface area (Å²) in [7, 11) is 0. The van der Waals surface area contributed by atoms with E-state index in [1.165, 1.54) is 10.8 Å². The van der Waals surface area contributed by atoms with Crippen molar-refractivity contribution >= 4 is 0 Å². The Labute approximate surface area is 103 Å². The summed E-state index contributed by atoms with van der Waals surface area (Å²) in [4.78, 5) is 25.3. The molecule has 0 radical (unpaired) electrons. The number of rotatable bonds is 3. The molecule has 0 spiro atoms. The predicted molar refractivity (Wildman–Crippen MR) is 62.3 cm³/mol. The molecule has 2 heterocycles. The van der Waals surface area contributed by atoms with Crippen molar-refractivity contribution in [3.8, 4) is 0 Å². The van der Waals surface area contributed by atoms with Crippen LogP contribution in [0, 0.1) is 0 Å². The first-order valence-corrected chi connectivity index (χ1v) is 5.85. The summed E-state index contributed by atoms with van der Waals surface area (Å²) >= 11 is 0. The fraction of sp³-hybridized carbons (Fsp3) is 0.636. The molecule has 1 aromatic heterocycles. The Hall–Kier alpha value is -1.44. The molecule has 0 bridgehead atoms. The molecule has 7 nitrogen and oxygen atoms in total. The van der Waals surface area contributed by atoms with E-state index in [9.17, 15) is 14.7 Å². The Morgan fingerprint density at radius 1 is 1.56 bits per heavy atom. The largest absolute Gasteiger partial charge is 0.394 e. The van der Waals surface area contributed by atoms with E-state index < -0.39 is 29.7 Å². The van der Waals surface area contributed by atoms with Crippen LogP contribution in [0.15, 0.2) is 15.8 Å². The first kappa shape index (κ1) is 13.0. The highest BCUT2D eigenvalue weighted by Crippen LogP contribution is 2.27. The minimum absolute atomic E-state index is 0.209. The third-order valence-electron chi connectivity index (χ3n) is 3.12. The van der Waals surface area contributed by atoms with E-state index in [-0.39, 0.29) is 13.0 Å². The highest BCUT2D eigenvalue weighted by molar-refractivity contribution is 5.04. The zero-order valence-corrected chi connectivity index (χ0v) is 10.00. The van der Waals surface area contributed by atoms with Crippen LogP contribution in [-0.2, 0) is 11.2 Å². The van der Waals surface area contributed by atoms with Crippen molar-refractivity contribution in [2.75, 3.05) is 6.61 Å². The fourth-order valence-electron chi connectivity index (χ4n) is 2.04. The summed E-state index contributed by atoms with van der Waals surface area (Å²) in [6, 6.07) is 0. The number of aryl methyl sites for hydroxylation is 1. The van der Waals surface area contributed by atoms with E-state index in [4.69, 9.17) is 9.84 Å². The average Bonchev–Trinajstić information content (AvgIpc) is 2.70. The average molecular weight is 256 g/mol. The van der Waals surface area contributed by atoms with Crippen molar-refractivity contribution in [1.29, 1.82) is 0 Å². The second kappa shape index (κ2) is 5.05. The summed E-state index contributed by atoms with van der Waals surface area (Å²) in [5.41, 5.74) is -0.510. The number of hydrogen-bond donors (Lipinski definition) is 3. The van der Waals surface area contributed by atoms with Crippen LogP contribution in [0.25, 0.3) is 0 Å². The van der Waals surface area contributed by atoms with Gasteiger partial charge >= 0.3 is 5.69 Å². The highest BCUT2D eigenvalue weighted by atomic mass is 16.5. The van der Waals surface area contributed by atoms with Gasteiger partial charge in [-0.25, -0.2) is 4.79 Å². The topological polar surface area (TPSA) is 105 Å². The van der Waals surface area contributed by atoms with Crippen LogP contribution >= 0.6 is 0 Å². The Bertz CT molecular complexity index is 535. The Balaban J connectivity index is 2.35. The summed E-state index contributed by atoms with van der Waals surface area (Å²) < 4.78 is 6.62. The SMILES string of the molecule is CCc1cn([C@H]2C[C@@H](O)[C@H](CO)O2)c(=O)[nH]c1=O. The normalized spacial score (nSPS) is 27.6. The van der Waals surface area contributed by atoms with Gasteiger partial charge in [-0.2, -0.15) is 0 Å². The molecule has 2 rings (SSSR count). The van der Waals surface area contributed by atoms with E-state index in [1.54, 1.807) is 6.92 Å². The number of nitrogens with one attached hydrogen (secondary N) is 1. The maximum atomic E-state index is 11.7. The standard InChI is InChI=1S/C11H16N2O5/c1-2-6-4-13(11(17)12-10(6)16)9-3-7(15)8(5-14)18-9/h4,7-9,14-15H,2-3,5H2,1H3,(H,12,16,17)/t7-,8+,9-/m1/s1. The van der Waals surface area contributed by atoms with Gasteiger partial charge in [0.2, 0.25) is 0 Å². The summed E-state index contributed by atoms with van der Waals surface area (Å²) in [6.07, 6.45) is -0.0259. The van der Waals surface area contributed by atoms with Crippen molar-refractivity contribution in [3.05, 3.63) is 32.6 Å². The first-order chi connectivity index (χ1) is 8.56. The van der Waals surface area contributed by atoms with Crippen molar-refractivity contribution in [2.24, 2.45) is 0 Å². The van der Waals surface area contributed by atoms with Gasteiger partial charge in [0.15, 0.2) is 0 Å². The van der Waals surface area contributed by atoms with Crippen LogP contribution in [0.4, 0.5) is 0 Å². The van der Waals surface area contributed by atoms with E-state index in [2.05, 4.69) is 4.98 Å². The number of nitrogens with zero attached hydrogens (tertiary/aromatic N) is 1. The lowest BCUT2D eigenvalue weighted by molar-refractivity contribution is -0.0459. The van der Waals surface area contributed by atoms with Gasteiger partial charge in [0, 0.05) is 18.2 Å². The predicted octanol–water partition coefficient (Wildman–Crippen LogP) is -1.26. The van der Waals surface area contributed by atoms with E-state index in [0.717, 1.165) is 0 Å². The Morgan fingerprint density at radius 3 is 2.83 bits per heavy atom. The smallest absolute Gasteiger partial charge is 0.330 e. The third-order valence-corrected chi connectivity index (χ3v) is 3.12.